The minimum absolute atomic E-state index is 0.547. The molecule has 1 aliphatic rings. The molecule has 0 fully saturated rings. The van der Waals surface area contributed by atoms with Crippen LogP contribution in [0.1, 0.15) is 35.4 Å². The molecule has 0 saturated carbocycles. The highest BCUT2D eigenvalue weighted by Gasteiger charge is 2.23. The summed E-state index contributed by atoms with van der Waals surface area (Å²) in [7, 11) is 0. The van der Waals surface area contributed by atoms with Crippen LogP contribution in [0.2, 0.25) is 0 Å². The third-order valence-electron chi connectivity index (χ3n) is 6.95. The van der Waals surface area contributed by atoms with Crippen molar-refractivity contribution in [2.24, 2.45) is 0 Å². The molecule has 1 aliphatic carbocycles. The summed E-state index contributed by atoms with van der Waals surface area (Å²) in [6.07, 6.45) is 7.23. The molecule has 0 amide bonds. The van der Waals surface area contributed by atoms with Crippen LogP contribution >= 0.6 is 0 Å². The lowest BCUT2D eigenvalue weighted by atomic mass is 9.77. The smallest absolute Gasteiger partial charge is 0.159 e. The van der Waals surface area contributed by atoms with Gasteiger partial charge in [-0.15, -0.1) is 0 Å². The lowest BCUT2D eigenvalue weighted by molar-refractivity contribution is 0.619. The fraction of sp³-hybridized carbons (Fsp3) is 0.125. The van der Waals surface area contributed by atoms with Crippen LogP contribution in [-0.2, 0) is 6.42 Å². The van der Waals surface area contributed by atoms with Crippen LogP contribution < -0.4 is 0 Å². The van der Waals surface area contributed by atoms with Crippen molar-refractivity contribution in [3.8, 4) is 0 Å². The van der Waals surface area contributed by atoms with E-state index in [0.717, 1.165) is 11.0 Å². The number of rotatable bonds is 1. The molecule has 0 bridgehead atoms. The van der Waals surface area contributed by atoms with Gasteiger partial charge in [0.25, 0.3) is 0 Å². The maximum atomic E-state index is 4.07. The van der Waals surface area contributed by atoms with Crippen LogP contribution in [0, 0.1) is 0 Å². The van der Waals surface area contributed by atoms with E-state index in [1.165, 1.54) is 51.9 Å². The summed E-state index contributed by atoms with van der Waals surface area (Å²) >= 11 is 0. The molecule has 1 unspecified atom stereocenters. The predicted molar refractivity (Wildman–Crippen MR) is 142 cm³/mol. The molecule has 0 aliphatic heterocycles. The zero-order valence-corrected chi connectivity index (χ0v) is 19.1. The number of aryl methyl sites for hydroxylation is 1. The van der Waals surface area contributed by atoms with Gasteiger partial charge in [0.2, 0.25) is 0 Å². The van der Waals surface area contributed by atoms with Gasteiger partial charge < -0.3 is 0 Å². The normalized spacial score (nSPS) is 15.0. The van der Waals surface area contributed by atoms with Crippen LogP contribution in [0.3, 0.4) is 0 Å². The van der Waals surface area contributed by atoms with Crippen LogP contribution in [0.15, 0.2) is 116 Å². The zero-order valence-electron chi connectivity index (χ0n) is 19.1. The van der Waals surface area contributed by atoms with Crippen LogP contribution in [0.4, 0.5) is 0 Å². The van der Waals surface area contributed by atoms with E-state index >= 15 is 0 Å². The first-order chi connectivity index (χ1) is 16.9. The Morgan fingerprint density at radius 3 is 2.06 bits per heavy atom. The van der Waals surface area contributed by atoms with Crippen LogP contribution in [0.25, 0.3) is 32.6 Å². The summed E-state index contributed by atoms with van der Waals surface area (Å²) in [5, 5.41) is 6.65. The third kappa shape index (κ3) is 3.82. The van der Waals surface area contributed by atoms with E-state index in [2.05, 4.69) is 88.8 Å². The molecule has 0 N–H and O–H groups in total. The van der Waals surface area contributed by atoms with Gasteiger partial charge in [-0.05, 0) is 81.8 Å². The summed E-state index contributed by atoms with van der Waals surface area (Å²) in [6.45, 7) is 0. The van der Waals surface area contributed by atoms with E-state index in [1.807, 2.05) is 24.3 Å². The number of hydrogen-bond donors (Lipinski definition) is 0. The fourth-order valence-electron chi connectivity index (χ4n) is 5.35. The number of fused-ring (bicyclic) bond motifs is 6. The molecule has 2 nitrogen and oxygen atoms in total. The molecule has 34 heavy (non-hydrogen) atoms. The van der Waals surface area contributed by atoms with Gasteiger partial charge in [-0.25, -0.2) is 9.97 Å². The van der Waals surface area contributed by atoms with Crippen molar-refractivity contribution in [3.05, 3.63) is 132 Å². The summed E-state index contributed by atoms with van der Waals surface area (Å²) in [5.41, 5.74) is 5.37. The highest BCUT2D eigenvalue weighted by molar-refractivity contribution is 6.08. The number of benzene rings is 4. The fourth-order valence-corrected chi connectivity index (χ4v) is 5.35. The van der Waals surface area contributed by atoms with Gasteiger partial charge in [0.05, 0.1) is 0 Å². The predicted octanol–water partition coefficient (Wildman–Crippen LogP) is 8.09. The molecular formula is C32H26N2. The SMILES string of the molecule is c1ccc(C2CCCc3c2ccc2c3ccc3ccccc32)cc1.c1cnc2ncccc2c1. The maximum absolute atomic E-state index is 4.07. The molecule has 164 valence electrons. The Kier molecular flexibility index (Phi) is 5.48. The monoisotopic (exact) mass is 438 g/mol. The molecule has 0 spiro atoms. The molecule has 2 heterocycles. The molecular weight excluding hydrogens is 412 g/mol. The van der Waals surface area contributed by atoms with Crippen molar-refractivity contribution in [2.45, 2.75) is 25.2 Å². The Morgan fingerprint density at radius 1 is 0.559 bits per heavy atom. The number of aromatic nitrogens is 2. The molecule has 1 atom stereocenters. The maximum Gasteiger partial charge on any atom is 0.159 e. The second kappa shape index (κ2) is 9.07. The van der Waals surface area contributed by atoms with Crippen molar-refractivity contribution in [3.63, 3.8) is 0 Å². The van der Waals surface area contributed by atoms with Gasteiger partial charge in [-0.1, -0.05) is 78.9 Å². The Morgan fingerprint density at radius 2 is 1.26 bits per heavy atom. The van der Waals surface area contributed by atoms with E-state index in [9.17, 15) is 0 Å². The number of hydrogen-bond acceptors (Lipinski definition) is 2. The molecule has 4 aromatic carbocycles. The van der Waals surface area contributed by atoms with Crippen LogP contribution in [0.5, 0.6) is 0 Å². The topological polar surface area (TPSA) is 25.8 Å². The lowest BCUT2D eigenvalue weighted by Crippen LogP contribution is -2.11. The van der Waals surface area contributed by atoms with E-state index in [1.54, 1.807) is 18.0 Å². The molecule has 0 saturated heterocycles. The molecule has 2 heteroatoms. The first-order valence-corrected chi connectivity index (χ1v) is 12.0. The van der Waals surface area contributed by atoms with Gasteiger partial charge in [-0.3, -0.25) is 0 Å². The highest BCUT2D eigenvalue weighted by Crippen LogP contribution is 2.41. The Labute approximate surface area is 199 Å². The second-order valence-electron chi connectivity index (χ2n) is 8.92. The molecule has 0 radical (unpaired) electrons. The largest absolute Gasteiger partial charge is 0.237 e. The van der Waals surface area contributed by atoms with Crippen molar-refractivity contribution >= 4 is 32.6 Å². The van der Waals surface area contributed by atoms with Gasteiger partial charge in [-0.2, -0.15) is 0 Å². The second-order valence-corrected chi connectivity index (χ2v) is 8.92. The Bertz CT molecular complexity index is 1520. The lowest BCUT2D eigenvalue weighted by Gasteiger charge is -2.27. The van der Waals surface area contributed by atoms with E-state index in [-0.39, 0.29) is 0 Å². The number of pyridine rings is 2. The average Bonchev–Trinajstić information content (AvgIpc) is 2.93. The summed E-state index contributed by atoms with van der Waals surface area (Å²) in [4.78, 5) is 8.14. The minimum Gasteiger partial charge on any atom is -0.237 e. The van der Waals surface area contributed by atoms with Crippen LogP contribution in [-0.4, -0.2) is 9.97 Å². The van der Waals surface area contributed by atoms with E-state index < -0.39 is 0 Å². The van der Waals surface area contributed by atoms with Gasteiger partial charge in [0.1, 0.15) is 0 Å². The van der Waals surface area contributed by atoms with Crippen molar-refractivity contribution in [2.75, 3.05) is 0 Å². The van der Waals surface area contributed by atoms with Crippen molar-refractivity contribution in [1.29, 1.82) is 0 Å². The van der Waals surface area contributed by atoms with Gasteiger partial charge in [0, 0.05) is 23.7 Å². The minimum atomic E-state index is 0.547. The highest BCUT2D eigenvalue weighted by atomic mass is 14.8. The van der Waals surface area contributed by atoms with E-state index in [4.69, 9.17) is 0 Å². The molecule has 7 rings (SSSR count). The quantitative estimate of drug-likeness (QED) is 0.242. The third-order valence-corrected chi connectivity index (χ3v) is 6.95. The van der Waals surface area contributed by atoms with E-state index in [0.29, 0.717) is 5.92 Å². The Balaban J connectivity index is 0.000000182. The Hall–Kier alpha value is -4.04. The average molecular weight is 439 g/mol. The summed E-state index contributed by atoms with van der Waals surface area (Å²) in [6, 6.07) is 36.9. The van der Waals surface area contributed by atoms with Crippen molar-refractivity contribution in [1.82, 2.24) is 9.97 Å². The molecule has 2 aromatic heterocycles. The van der Waals surface area contributed by atoms with Crippen molar-refractivity contribution < 1.29 is 0 Å². The standard InChI is InChI=1S/C24H20.C8H6N2/c1-2-7-17(8-3-1)20-11-6-12-21-22(20)15-16-23-19-10-5-4-9-18(19)13-14-24(21)23;1-3-7-4-2-6-10-8(7)9-5-1/h1-5,7-10,13-16,20H,6,11-12H2;1-6H. The first-order valence-electron chi connectivity index (χ1n) is 12.0. The zero-order chi connectivity index (χ0) is 22.7. The van der Waals surface area contributed by atoms with Gasteiger partial charge in [0.15, 0.2) is 5.65 Å². The summed E-state index contributed by atoms with van der Waals surface area (Å²) < 4.78 is 0. The number of nitrogens with zero attached hydrogens (tertiary/aromatic N) is 2. The summed E-state index contributed by atoms with van der Waals surface area (Å²) in [5.74, 6) is 0.547. The van der Waals surface area contributed by atoms with Gasteiger partial charge >= 0.3 is 0 Å². The molecule has 6 aromatic rings. The first kappa shape index (κ1) is 20.6.